The second-order valence-electron chi connectivity index (χ2n) is 3.81. The number of carbonyl (C=O) groups is 1. The van der Waals surface area contributed by atoms with Crippen molar-refractivity contribution >= 4 is 17.0 Å². The molecule has 7 heteroatoms. The van der Waals surface area contributed by atoms with Gasteiger partial charge in [-0.3, -0.25) is 0 Å². The van der Waals surface area contributed by atoms with E-state index in [4.69, 9.17) is 5.11 Å². The van der Waals surface area contributed by atoms with Gasteiger partial charge in [-0.2, -0.15) is 9.49 Å². The van der Waals surface area contributed by atoms with Gasteiger partial charge in [-0.05, 0) is 24.3 Å². The molecule has 0 fully saturated rings. The van der Waals surface area contributed by atoms with Crippen LogP contribution in [0, 0.1) is 5.95 Å². The minimum absolute atomic E-state index is 0.0793. The summed E-state index contributed by atoms with van der Waals surface area (Å²) in [5, 5.41) is 13.7. The Hall–Kier alpha value is -2.83. The van der Waals surface area contributed by atoms with Crippen LogP contribution in [-0.4, -0.2) is 30.8 Å². The van der Waals surface area contributed by atoms with E-state index in [1.807, 2.05) is 0 Å². The van der Waals surface area contributed by atoms with E-state index in [0.29, 0.717) is 16.7 Å². The number of carboxylic acid groups (broad SMARTS) is 1. The Morgan fingerprint density at radius 1 is 1.21 bits per heavy atom. The second kappa shape index (κ2) is 4.13. The molecule has 3 aromatic rings. The van der Waals surface area contributed by atoms with Crippen LogP contribution in [0.15, 0.2) is 36.7 Å². The number of fused-ring (bicyclic) bond motifs is 1. The van der Waals surface area contributed by atoms with Crippen LogP contribution in [-0.2, 0) is 0 Å². The van der Waals surface area contributed by atoms with Gasteiger partial charge in [0.1, 0.15) is 0 Å². The fourth-order valence-electron chi connectivity index (χ4n) is 1.71. The molecule has 0 atom stereocenters. The van der Waals surface area contributed by atoms with Gasteiger partial charge in [0.15, 0.2) is 11.3 Å². The Morgan fingerprint density at radius 3 is 2.74 bits per heavy atom. The van der Waals surface area contributed by atoms with Crippen LogP contribution in [0.3, 0.4) is 0 Å². The average Bonchev–Trinajstić information content (AvgIpc) is 2.82. The zero-order valence-corrected chi connectivity index (χ0v) is 9.49. The van der Waals surface area contributed by atoms with Crippen LogP contribution < -0.4 is 0 Å². The summed E-state index contributed by atoms with van der Waals surface area (Å²) in [5.74, 6) is -1.72. The van der Waals surface area contributed by atoms with Crippen LogP contribution in [0.4, 0.5) is 4.39 Å². The average molecular weight is 258 g/mol. The van der Waals surface area contributed by atoms with Crippen molar-refractivity contribution in [2.45, 2.75) is 0 Å². The van der Waals surface area contributed by atoms with E-state index >= 15 is 0 Å². The molecule has 0 aliphatic heterocycles. The molecule has 19 heavy (non-hydrogen) atoms. The summed E-state index contributed by atoms with van der Waals surface area (Å²) in [7, 11) is 0. The first kappa shape index (κ1) is 11.3. The van der Waals surface area contributed by atoms with Crippen molar-refractivity contribution in [1.82, 2.24) is 19.7 Å². The molecule has 6 nitrogen and oxygen atoms in total. The standard InChI is InChI=1S/C12H7FN4O2/c13-10-4-2-8(6-14-10)17-11-7(5-15-17)1-3-9(16-11)12(18)19/h1-6H,(H,18,19). The molecule has 0 aromatic carbocycles. The monoisotopic (exact) mass is 258 g/mol. The topological polar surface area (TPSA) is 80.9 Å². The zero-order chi connectivity index (χ0) is 13.4. The molecule has 0 saturated carbocycles. The van der Waals surface area contributed by atoms with E-state index in [1.165, 1.54) is 29.1 Å². The van der Waals surface area contributed by atoms with E-state index in [9.17, 15) is 9.18 Å². The van der Waals surface area contributed by atoms with Gasteiger partial charge in [0, 0.05) is 5.39 Å². The molecule has 0 aliphatic rings. The number of pyridine rings is 2. The number of hydrogen-bond acceptors (Lipinski definition) is 4. The Bertz CT molecular complexity index is 767. The van der Waals surface area contributed by atoms with Crippen molar-refractivity contribution < 1.29 is 14.3 Å². The molecule has 0 unspecified atom stereocenters. The molecule has 0 radical (unpaired) electrons. The van der Waals surface area contributed by atoms with Crippen molar-refractivity contribution in [2.24, 2.45) is 0 Å². The lowest BCUT2D eigenvalue weighted by Crippen LogP contribution is -2.03. The molecule has 0 spiro atoms. The summed E-state index contributed by atoms with van der Waals surface area (Å²) >= 11 is 0. The SMILES string of the molecule is O=C(O)c1ccc2cnn(-c3ccc(F)nc3)c2n1. The Morgan fingerprint density at radius 2 is 2.05 bits per heavy atom. The van der Waals surface area contributed by atoms with E-state index < -0.39 is 11.9 Å². The van der Waals surface area contributed by atoms with E-state index in [1.54, 1.807) is 12.3 Å². The summed E-state index contributed by atoms with van der Waals surface area (Å²) in [4.78, 5) is 18.4. The highest BCUT2D eigenvalue weighted by molar-refractivity contribution is 5.89. The molecule has 0 amide bonds. The second-order valence-corrected chi connectivity index (χ2v) is 3.81. The van der Waals surface area contributed by atoms with Crippen LogP contribution in [0.5, 0.6) is 0 Å². The smallest absolute Gasteiger partial charge is 0.354 e. The summed E-state index contributed by atoms with van der Waals surface area (Å²) in [6.45, 7) is 0. The fourth-order valence-corrected chi connectivity index (χ4v) is 1.71. The highest BCUT2D eigenvalue weighted by atomic mass is 19.1. The first-order valence-electron chi connectivity index (χ1n) is 5.35. The van der Waals surface area contributed by atoms with E-state index in [2.05, 4.69) is 15.1 Å². The third-order valence-electron chi connectivity index (χ3n) is 2.59. The minimum atomic E-state index is -1.12. The first-order chi connectivity index (χ1) is 9.15. The Balaban J connectivity index is 2.21. The number of aromatic carboxylic acids is 1. The molecule has 3 aromatic heterocycles. The Kier molecular flexibility index (Phi) is 2.45. The first-order valence-corrected chi connectivity index (χ1v) is 5.35. The zero-order valence-electron chi connectivity index (χ0n) is 9.49. The normalized spacial score (nSPS) is 10.8. The number of halogens is 1. The predicted molar refractivity (Wildman–Crippen MR) is 63.6 cm³/mol. The summed E-state index contributed by atoms with van der Waals surface area (Å²) < 4.78 is 14.2. The van der Waals surface area contributed by atoms with E-state index in [-0.39, 0.29) is 5.69 Å². The molecule has 1 N–H and O–H groups in total. The number of carboxylic acids is 1. The fraction of sp³-hybridized carbons (Fsp3) is 0. The van der Waals surface area contributed by atoms with Gasteiger partial charge in [0.25, 0.3) is 0 Å². The van der Waals surface area contributed by atoms with Crippen molar-refractivity contribution in [3.05, 3.63) is 48.3 Å². The van der Waals surface area contributed by atoms with E-state index in [0.717, 1.165) is 0 Å². The maximum Gasteiger partial charge on any atom is 0.354 e. The van der Waals surface area contributed by atoms with Crippen LogP contribution in [0.1, 0.15) is 10.5 Å². The lowest BCUT2D eigenvalue weighted by molar-refractivity contribution is 0.0691. The molecule has 0 bridgehead atoms. The third kappa shape index (κ3) is 1.90. The summed E-state index contributed by atoms with van der Waals surface area (Å²) in [6.07, 6.45) is 2.86. The van der Waals surface area contributed by atoms with Gasteiger partial charge in [-0.1, -0.05) is 0 Å². The van der Waals surface area contributed by atoms with Gasteiger partial charge >= 0.3 is 5.97 Å². The molecule has 3 rings (SSSR count). The van der Waals surface area contributed by atoms with Crippen LogP contribution in [0.25, 0.3) is 16.7 Å². The van der Waals surface area contributed by atoms with Gasteiger partial charge in [0.2, 0.25) is 5.95 Å². The Labute approximate surface area is 106 Å². The van der Waals surface area contributed by atoms with Crippen molar-refractivity contribution in [3.8, 4) is 5.69 Å². The highest BCUT2D eigenvalue weighted by Gasteiger charge is 2.11. The largest absolute Gasteiger partial charge is 0.477 e. The number of rotatable bonds is 2. The lowest BCUT2D eigenvalue weighted by Gasteiger charge is -2.02. The predicted octanol–water partition coefficient (Wildman–Crippen LogP) is 1.65. The van der Waals surface area contributed by atoms with Crippen molar-refractivity contribution in [3.63, 3.8) is 0 Å². The van der Waals surface area contributed by atoms with Crippen molar-refractivity contribution in [2.75, 3.05) is 0 Å². The molecular weight excluding hydrogens is 251 g/mol. The molecule has 0 saturated heterocycles. The van der Waals surface area contributed by atoms with Crippen LogP contribution >= 0.6 is 0 Å². The summed E-state index contributed by atoms with van der Waals surface area (Å²) in [5.41, 5.74) is 0.809. The lowest BCUT2D eigenvalue weighted by atomic mass is 10.3. The molecular formula is C12H7FN4O2. The van der Waals surface area contributed by atoms with Gasteiger partial charge < -0.3 is 5.11 Å². The maximum atomic E-state index is 12.8. The van der Waals surface area contributed by atoms with Gasteiger partial charge in [-0.15, -0.1) is 0 Å². The van der Waals surface area contributed by atoms with Gasteiger partial charge in [0.05, 0.1) is 18.1 Å². The maximum absolute atomic E-state index is 12.8. The van der Waals surface area contributed by atoms with Crippen LogP contribution in [0.2, 0.25) is 0 Å². The minimum Gasteiger partial charge on any atom is -0.477 e. The quantitative estimate of drug-likeness (QED) is 0.707. The molecule has 3 heterocycles. The summed E-state index contributed by atoms with van der Waals surface area (Å²) in [6, 6.07) is 5.71. The highest BCUT2D eigenvalue weighted by Crippen LogP contribution is 2.16. The number of aromatic nitrogens is 4. The number of nitrogens with zero attached hydrogens (tertiary/aromatic N) is 4. The number of hydrogen-bond donors (Lipinski definition) is 1. The molecule has 94 valence electrons. The van der Waals surface area contributed by atoms with Crippen molar-refractivity contribution in [1.29, 1.82) is 0 Å². The van der Waals surface area contributed by atoms with Gasteiger partial charge in [-0.25, -0.2) is 19.4 Å². The third-order valence-corrected chi connectivity index (χ3v) is 2.59. The molecule has 0 aliphatic carbocycles.